The lowest BCUT2D eigenvalue weighted by molar-refractivity contribution is -0.140. The number of amides is 2. The Bertz CT molecular complexity index is 741. The van der Waals surface area contributed by atoms with Crippen LogP contribution >= 0.6 is 0 Å². The van der Waals surface area contributed by atoms with E-state index < -0.39 is 17.4 Å². The van der Waals surface area contributed by atoms with Gasteiger partial charge in [-0.15, -0.1) is 0 Å². The van der Waals surface area contributed by atoms with Crippen LogP contribution in [0, 0.1) is 11.6 Å². The summed E-state index contributed by atoms with van der Waals surface area (Å²) in [6, 6.07) is 3.00. The quantitative estimate of drug-likeness (QED) is 0.785. The van der Waals surface area contributed by atoms with Crippen molar-refractivity contribution in [3.63, 3.8) is 0 Å². The molecule has 2 fully saturated rings. The van der Waals surface area contributed by atoms with Crippen molar-refractivity contribution in [3.8, 4) is 0 Å². The lowest BCUT2D eigenvalue weighted by atomic mass is 10.0. The molecule has 0 aromatic heterocycles. The van der Waals surface area contributed by atoms with Gasteiger partial charge in [-0.25, -0.2) is 8.78 Å². The van der Waals surface area contributed by atoms with Crippen molar-refractivity contribution in [2.75, 3.05) is 32.7 Å². The molecule has 2 saturated heterocycles. The number of nitrogens with one attached hydrogen (secondary N) is 1. The molecule has 0 saturated carbocycles. The number of piperazine rings is 1. The maximum atomic E-state index is 13.2. The zero-order valence-corrected chi connectivity index (χ0v) is 15.0. The van der Waals surface area contributed by atoms with Crippen LogP contribution in [0.2, 0.25) is 0 Å². The Labute approximate surface area is 156 Å². The van der Waals surface area contributed by atoms with E-state index in [9.17, 15) is 23.2 Å². The molecule has 27 heavy (non-hydrogen) atoms. The fourth-order valence-electron chi connectivity index (χ4n) is 3.64. The topological polar surface area (TPSA) is 69.7 Å². The number of nitrogens with zero attached hydrogens (tertiary/aromatic N) is 2. The van der Waals surface area contributed by atoms with Crippen molar-refractivity contribution < 1.29 is 23.2 Å². The average Bonchev–Trinajstić information content (AvgIpc) is 2.68. The minimum absolute atomic E-state index is 0.0131. The van der Waals surface area contributed by atoms with Crippen LogP contribution < -0.4 is 5.32 Å². The smallest absolute Gasteiger partial charge is 0.236 e. The van der Waals surface area contributed by atoms with Crippen molar-refractivity contribution in [1.82, 2.24) is 15.1 Å². The molecule has 146 valence electrons. The normalized spacial score (nSPS) is 20.7. The number of carbonyl (C=O) groups excluding carboxylic acids is 3. The Balaban J connectivity index is 1.53. The van der Waals surface area contributed by atoms with E-state index in [0.717, 1.165) is 31.5 Å². The number of halogens is 2. The highest BCUT2D eigenvalue weighted by Gasteiger charge is 2.31. The summed E-state index contributed by atoms with van der Waals surface area (Å²) in [5, 5.41) is 3.03. The van der Waals surface area contributed by atoms with Gasteiger partial charge < -0.3 is 15.1 Å². The molecule has 1 N–H and O–H groups in total. The SMILES string of the molecule is O=C(CCC(=O)N1CCCC(N2CCNCC2=O)C1)c1ccc(F)c(F)c1. The number of hydrogen-bond donors (Lipinski definition) is 1. The lowest BCUT2D eigenvalue weighted by Gasteiger charge is -2.41. The molecule has 0 bridgehead atoms. The zero-order chi connectivity index (χ0) is 19.4. The number of ketones is 1. The van der Waals surface area contributed by atoms with Crippen molar-refractivity contribution >= 4 is 17.6 Å². The molecule has 2 aliphatic rings. The summed E-state index contributed by atoms with van der Waals surface area (Å²) in [5.74, 6) is -2.59. The van der Waals surface area contributed by atoms with Crippen LogP contribution in [0.25, 0.3) is 0 Å². The predicted molar refractivity (Wildman–Crippen MR) is 94.1 cm³/mol. The highest BCUT2D eigenvalue weighted by molar-refractivity contribution is 5.98. The van der Waals surface area contributed by atoms with Crippen LogP contribution in [-0.4, -0.2) is 66.2 Å². The largest absolute Gasteiger partial charge is 0.341 e. The van der Waals surface area contributed by atoms with Gasteiger partial charge in [0.2, 0.25) is 11.8 Å². The summed E-state index contributed by atoms with van der Waals surface area (Å²) in [4.78, 5) is 40.2. The first-order valence-electron chi connectivity index (χ1n) is 9.22. The van der Waals surface area contributed by atoms with Crippen LogP contribution in [0.1, 0.15) is 36.0 Å². The van der Waals surface area contributed by atoms with E-state index in [1.54, 1.807) is 4.90 Å². The fourth-order valence-corrected chi connectivity index (χ4v) is 3.64. The second-order valence-corrected chi connectivity index (χ2v) is 6.95. The molecular weight excluding hydrogens is 356 g/mol. The standard InChI is InChI=1S/C19H23F2N3O3/c20-15-4-3-13(10-16(15)21)17(25)5-6-18(26)23-8-1-2-14(12-23)24-9-7-22-11-19(24)27/h3-4,10,14,22H,1-2,5-9,11-12H2. The van der Waals surface area contributed by atoms with Crippen LogP contribution in [0.15, 0.2) is 18.2 Å². The minimum Gasteiger partial charge on any atom is -0.341 e. The first-order chi connectivity index (χ1) is 13.0. The fraction of sp³-hybridized carbons (Fsp3) is 0.526. The van der Waals surface area contributed by atoms with E-state index in [2.05, 4.69) is 5.32 Å². The third-order valence-electron chi connectivity index (χ3n) is 5.12. The third kappa shape index (κ3) is 4.68. The first kappa shape index (κ1) is 19.4. The summed E-state index contributed by atoms with van der Waals surface area (Å²) in [5.41, 5.74) is 0.0598. The summed E-state index contributed by atoms with van der Waals surface area (Å²) in [6.45, 7) is 2.80. The van der Waals surface area contributed by atoms with E-state index in [0.29, 0.717) is 26.2 Å². The van der Waals surface area contributed by atoms with Gasteiger partial charge in [-0.2, -0.15) is 0 Å². The van der Waals surface area contributed by atoms with Gasteiger partial charge in [-0.05, 0) is 31.0 Å². The van der Waals surface area contributed by atoms with E-state index in [4.69, 9.17) is 0 Å². The molecule has 1 atom stereocenters. The number of hydrogen-bond acceptors (Lipinski definition) is 4. The molecule has 2 amide bonds. The molecular formula is C19H23F2N3O3. The number of Topliss-reactive ketones (excluding diaryl/α,β-unsaturated/α-hetero) is 1. The highest BCUT2D eigenvalue weighted by Crippen LogP contribution is 2.19. The van der Waals surface area contributed by atoms with E-state index in [1.807, 2.05) is 4.90 Å². The number of piperidine rings is 1. The third-order valence-corrected chi connectivity index (χ3v) is 5.12. The van der Waals surface area contributed by atoms with Gasteiger partial charge in [0.15, 0.2) is 17.4 Å². The highest BCUT2D eigenvalue weighted by atomic mass is 19.2. The molecule has 0 radical (unpaired) electrons. The monoisotopic (exact) mass is 379 g/mol. The molecule has 1 aromatic carbocycles. The predicted octanol–water partition coefficient (Wildman–Crippen LogP) is 1.35. The van der Waals surface area contributed by atoms with Crippen molar-refractivity contribution in [2.24, 2.45) is 0 Å². The molecule has 6 nitrogen and oxygen atoms in total. The summed E-state index contributed by atoms with van der Waals surface area (Å²) >= 11 is 0. The Hall–Kier alpha value is -2.35. The maximum Gasteiger partial charge on any atom is 0.236 e. The summed E-state index contributed by atoms with van der Waals surface area (Å²) in [6.07, 6.45) is 1.63. The van der Waals surface area contributed by atoms with E-state index in [-0.39, 0.29) is 36.3 Å². The molecule has 3 rings (SSSR count). The summed E-state index contributed by atoms with van der Waals surface area (Å²) in [7, 11) is 0. The van der Waals surface area contributed by atoms with Crippen LogP contribution in [-0.2, 0) is 9.59 Å². The lowest BCUT2D eigenvalue weighted by Crippen LogP contribution is -2.57. The maximum absolute atomic E-state index is 13.2. The van der Waals surface area contributed by atoms with Gasteiger partial charge in [-0.1, -0.05) is 0 Å². The van der Waals surface area contributed by atoms with Crippen LogP contribution in [0.3, 0.4) is 0 Å². The minimum atomic E-state index is -1.08. The number of benzene rings is 1. The van der Waals surface area contributed by atoms with Crippen LogP contribution in [0.5, 0.6) is 0 Å². The van der Waals surface area contributed by atoms with Crippen LogP contribution in [0.4, 0.5) is 8.78 Å². The van der Waals surface area contributed by atoms with Gasteiger partial charge in [0.1, 0.15) is 0 Å². The molecule has 2 heterocycles. The summed E-state index contributed by atoms with van der Waals surface area (Å²) < 4.78 is 26.2. The second-order valence-electron chi connectivity index (χ2n) is 6.95. The number of rotatable bonds is 5. The van der Waals surface area contributed by atoms with E-state index in [1.165, 1.54) is 6.07 Å². The van der Waals surface area contributed by atoms with Gasteiger partial charge in [0, 0.05) is 50.6 Å². The second kappa shape index (κ2) is 8.56. The van der Waals surface area contributed by atoms with Crippen molar-refractivity contribution in [2.45, 2.75) is 31.7 Å². The molecule has 0 aliphatic carbocycles. The van der Waals surface area contributed by atoms with Gasteiger partial charge in [0.05, 0.1) is 6.54 Å². The Morgan fingerprint density at radius 1 is 1.15 bits per heavy atom. The average molecular weight is 379 g/mol. The molecule has 8 heteroatoms. The molecule has 2 aliphatic heterocycles. The molecule has 1 aromatic rings. The molecule has 0 spiro atoms. The van der Waals surface area contributed by atoms with Gasteiger partial charge in [0.25, 0.3) is 0 Å². The van der Waals surface area contributed by atoms with Gasteiger partial charge in [-0.3, -0.25) is 14.4 Å². The van der Waals surface area contributed by atoms with Gasteiger partial charge >= 0.3 is 0 Å². The Morgan fingerprint density at radius 2 is 1.96 bits per heavy atom. The number of likely N-dealkylation sites (tertiary alicyclic amines) is 1. The number of carbonyl (C=O) groups is 3. The molecule has 1 unspecified atom stereocenters. The Morgan fingerprint density at radius 3 is 2.70 bits per heavy atom. The first-order valence-corrected chi connectivity index (χ1v) is 9.22. The zero-order valence-electron chi connectivity index (χ0n) is 15.0. The Kier molecular flexibility index (Phi) is 6.15. The van der Waals surface area contributed by atoms with E-state index >= 15 is 0 Å². The van der Waals surface area contributed by atoms with Crippen molar-refractivity contribution in [1.29, 1.82) is 0 Å². The van der Waals surface area contributed by atoms with Crippen molar-refractivity contribution in [3.05, 3.63) is 35.4 Å².